The van der Waals surface area contributed by atoms with Crippen LogP contribution in [0.15, 0.2) is 48.5 Å². The van der Waals surface area contributed by atoms with Crippen LogP contribution >= 0.6 is 0 Å². The summed E-state index contributed by atoms with van der Waals surface area (Å²) in [5.74, 6) is 1.27. The van der Waals surface area contributed by atoms with Gasteiger partial charge in [0.1, 0.15) is 17.9 Å². The number of rotatable bonds is 5. The molecule has 21 heavy (non-hydrogen) atoms. The summed E-state index contributed by atoms with van der Waals surface area (Å²) in [7, 11) is 0. The largest absolute Gasteiger partial charge is 0.457 e. The van der Waals surface area contributed by atoms with Gasteiger partial charge >= 0.3 is 0 Å². The number of nitrogens with zero attached hydrogens (tertiary/aromatic N) is 1. The summed E-state index contributed by atoms with van der Waals surface area (Å²) in [6, 6.07) is 17.1. The Morgan fingerprint density at radius 3 is 2.62 bits per heavy atom. The van der Waals surface area contributed by atoms with E-state index in [4.69, 9.17) is 10.00 Å². The zero-order valence-corrected chi connectivity index (χ0v) is 11.8. The molecule has 0 aromatic heterocycles. The van der Waals surface area contributed by atoms with Gasteiger partial charge in [-0.25, -0.2) is 0 Å². The Bertz CT molecular complexity index is 657. The third kappa shape index (κ3) is 4.66. The monoisotopic (exact) mass is 280 g/mol. The van der Waals surface area contributed by atoms with E-state index in [2.05, 4.69) is 5.32 Å². The highest BCUT2D eigenvalue weighted by atomic mass is 16.5. The molecule has 0 unspecified atom stereocenters. The molecule has 106 valence electrons. The maximum Gasteiger partial charge on any atom is 0.234 e. The molecule has 1 N–H and O–H groups in total. The molecule has 0 bridgehead atoms. The van der Waals surface area contributed by atoms with Crippen molar-refractivity contribution in [3.05, 3.63) is 59.7 Å². The molecular weight excluding hydrogens is 264 g/mol. The normalized spacial score (nSPS) is 9.71. The Hall–Kier alpha value is -2.80. The molecule has 0 heterocycles. The average Bonchev–Trinajstić information content (AvgIpc) is 2.47. The summed E-state index contributed by atoms with van der Waals surface area (Å²) < 4.78 is 5.75. The van der Waals surface area contributed by atoms with Gasteiger partial charge in [0.25, 0.3) is 0 Å². The van der Waals surface area contributed by atoms with E-state index in [0.717, 1.165) is 22.6 Å². The number of carbonyl (C=O) groups excluding carboxylic acids is 1. The van der Waals surface area contributed by atoms with E-state index in [0.29, 0.717) is 6.54 Å². The Morgan fingerprint density at radius 1 is 1.19 bits per heavy atom. The highest BCUT2D eigenvalue weighted by molar-refractivity contribution is 5.77. The molecule has 0 atom stereocenters. The van der Waals surface area contributed by atoms with Gasteiger partial charge in [0.05, 0.1) is 6.07 Å². The fraction of sp³-hybridized carbons (Fsp3) is 0.176. The van der Waals surface area contributed by atoms with Gasteiger partial charge in [-0.3, -0.25) is 4.79 Å². The Labute approximate surface area is 124 Å². The van der Waals surface area contributed by atoms with Crippen LogP contribution in [-0.4, -0.2) is 5.91 Å². The minimum Gasteiger partial charge on any atom is -0.457 e. The molecule has 0 saturated carbocycles. The highest BCUT2D eigenvalue weighted by Gasteiger charge is 2.01. The number of nitriles is 1. The quantitative estimate of drug-likeness (QED) is 0.913. The molecule has 0 saturated heterocycles. The first-order chi connectivity index (χ1) is 10.2. The van der Waals surface area contributed by atoms with Gasteiger partial charge in [-0.2, -0.15) is 5.26 Å². The number of nitrogens with one attached hydrogen (secondary N) is 1. The van der Waals surface area contributed by atoms with Crippen LogP contribution in [0.5, 0.6) is 11.5 Å². The first-order valence-electron chi connectivity index (χ1n) is 6.64. The number of aryl methyl sites for hydroxylation is 1. The van der Waals surface area contributed by atoms with Crippen LogP contribution < -0.4 is 10.1 Å². The maximum atomic E-state index is 11.2. The van der Waals surface area contributed by atoms with Crippen LogP contribution in [-0.2, 0) is 11.3 Å². The Balaban J connectivity index is 1.93. The van der Waals surface area contributed by atoms with Crippen molar-refractivity contribution >= 4 is 5.91 Å². The summed E-state index contributed by atoms with van der Waals surface area (Å²) in [4.78, 5) is 11.2. The highest BCUT2D eigenvalue weighted by Crippen LogP contribution is 2.22. The van der Waals surface area contributed by atoms with Gasteiger partial charge in [-0.15, -0.1) is 0 Å². The summed E-state index contributed by atoms with van der Waals surface area (Å²) in [6.45, 7) is 2.42. The van der Waals surface area contributed by atoms with Crippen LogP contribution in [0.2, 0.25) is 0 Å². The Morgan fingerprint density at radius 2 is 1.95 bits per heavy atom. The molecule has 0 aliphatic rings. The fourth-order valence-corrected chi connectivity index (χ4v) is 1.83. The number of carbonyl (C=O) groups is 1. The van der Waals surface area contributed by atoms with Crippen molar-refractivity contribution in [1.29, 1.82) is 5.26 Å². The third-order valence-corrected chi connectivity index (χ3v) is 2.88. The van der Waals surface area contributed by atoms with Crippen molar-refractivity contribution in [2.45, 2.75) is 19.9 Å². The second kappa shape index (κ2) is 7.11. The van der Waals surface area contributed by atoms with Gasteiger partial charge in [0, 0.05) is 6.54 Å². The van der Waals surface area contributed by atoms with Gasteiger partial charge < -0.3 is 10.1 Å². The molecule has 0 spiro atoms. The van der Waals surface area contributed by atoms with E-state index >= 15 is 0 Å². The van der Waals surface area contributed by atoms with Crippen LogP contribution in [0.3, 0.4) is 0 Å². The lowest BCUT2D eigenvalue weighted by Crippen LogP contribution is -2.21. The predicted octanol–water partition coefficient (Wildman–Crippen LogP) is 3.32. The van der Waals surface area contributed by atoms with Gasteiger partial charge in [-0.1, -0.05) is 24.3 Å². The smallest absolute Gasteiger partial charge is 0.234 e. The molecule has 2 aromatic rings. The molecule has 0 fully saturated rings. The van der Waals surface area contributed by atoms with Crippen LogP contribution in [0.1, 0.15) is 17.5 Å². The van der Waals surface area contributed by atoms with E-state index in [-0.39, 0.29) is 12.3 Å². The lowest BCUT2D eigenvalue weighted by Gasteiger charge is -2.08. The molecule has 4 nitrogen and oxygen atoms in total. The molecule has 4 heteroatoms. The summed E-state index contributed by atoms with van der Waals surface area (Å²) >= 11 is 0. The van der Waals surface area contributed by atoms with E-state index in [1.807, 2.05) is 61.5 Å². The van der Waals surface area contributed by atoms with Crippen molar-refractivity contribution in [1.82, 2.24) is 5.32 Å². The van der Waals surface area contributed by atoms with Crippen LogP contribution in [0.4, 0.5) is 0 Å². The van der Waals surface area contributed by atoms with E-state index < -0.39 is 0 Å². The van der Waals surface area contributed by atoms with Crippen molar-refractivity contribution in [2.75, 3.05) is 0 Å². The fourth-order valence-electron chi connectivity index (χ4n) is 1.83. The number of hydrogen-bond acceptors (Lipinski definition) is 3. The summed E-state index contributed by atoms with van der Waals surface area (Å²) in [5, 5.41) is 11.1. The zero-order chi connectivity index (χ0) is 15.1. The van der Waals surface area contributed by atoms with E-state index in [1.165, 1.54) is 0 Å². The number of amides is 1. The minimum absolute atomic E-state index is 0.117. The molecule has 0 aliphatic heterocycles. The lowest BCUT2D eigenvalue weighted by molar-refractivity contribution is -0.120. The van der Waals surface area contributed by atoms with Gasteiger partial charge in [0.15, 0.2) is 0 Å². The van der Waals surface area contributed by atoms with Crippen LogP contribution in [0, 0.1) is 18.3 Å². The lowest BCUT2D eigenvalue weighted by atomic mass is 10.2. The SMILES string of the molecule is Cc1cccc(Oc2ccc(CNC(=O)CC#N)cc2)c1. The molecular formula is C17H16N2O2. The second-order valence-electron chi connectivity index (χ2n) is 4.67. The first-order valence-corrected chi connectivity index (χ1v) is 6.64. The topological polar surface area (TPSA) is 62.1 Å². The van der Waals surface area contributed by atoms with Crippen molar-refractivity contribution in [3.8, 4) is 17.6 Å². The van der Waals surface area contributed by atoms with Crippen LogP contribution in [0.25, 0.3) is 0 Å². The molecule has 2 aromatic carbocycles. The van der Waals surface area contributed by atoms with Crippen molar-refractivity contribution in [2.24, 2.45) is 0 Å². The summed E-state index contributed by atoms with van der Waals surface area (Å²) in [5.41, 5.74) is 2.10. The number of benzene rings is 2. The predicted molar refractivity (Wildman–Crippen MR) is 79.8 cm³/mol. The van der Waals surface area contributed by atoms with Crippen molar-refractivity contribution < 1.29 is 9.53 Å². The molecule has 2 rings (SSSR count). The summed E-state index contributed by atoms with van der Waals surface area (Å²) in [6.07, 6.45) is -0.117. The van der Waals surface area contributed by atoms with Gasteiger partial charge in [-0.05, 0) is 42.3 Å². The zero-order valence-electron chi connectivity index (χ0n) is 11.8. The van der Waals surface area contributed by atoms with Gasteiger partial charge in [0.2, 0.25) is 5.91 Å². The van der Waals surface area contributed by atoms with Crippen molar-refractivity contribution in [3.63, 3.8) is 0 Å². The average molecular weight is 280 g/mol. The number of ether oxygens (including phenoxy) is 1. The van der Waals surface area contributed by atoms with E-state index in [9.17, 15) is 4.79 Å². The Kier molecular flexibility index (Phi) is 4.94. The second-order valence-corrected chi connectivity index (χ2v) is 4.67. The maximum absolute atomic E-state index is 11.2. The number of hydrogen-bond donors (Lipinski definition) is 1. The standard InChI is InChI=1S/C17H16N2O2/c1-13-3-2-4-16(11-13)21-15-7-5-14(6-8-15)12-19-17(20)9-10-18/h2-8,11H,9,12H2,1H3,(H,19,20). The minimum atomic E-state index is -0.266. The molecule has 0 aliphatic carbocycles. The van der Waals surface area contributed by atoms with E-state index in [1.54, 1.807) is 0 Å². The molecule has 0 radical (unpaired) electrons. The molecule has 1 amide bonds. The third-order valence-electron chi connectivity index (χ3n) is 2.88. The first kappa shape index (κ1) is 14.6.